The van der Waals surface area contributed by atoms with Crippen LogP contribution in [-0.2, 0) is 13.1 Å². The van der Waals surface area contributed by atoms with E-state index in [0.717, 1.165) is 18.7 Å². The van der Waals surface area contributed by atoms with Crippen molar-refractivity contribution in [2.45, 2.75) is 20.0 Å². The van der Waals surface area contributed by atoms with E-state index >= 15 is 0 Å². The van der Waals surface area contributed by atoms with E-state index < -0.39 is 0 Å². The second-order valence-electron chi connectivity index (χ2n) is 5.52. The molecule has 5 heteroatoms. The van der Waals surface area contributed by atoms with Crippen LogP contribution in [0.25, 0.3) is 0 Å². The monoisotopic (exact) mass is 338 g/mol. The van der Waals surface area contributed by atoms with Gasteiger partial charge in [0.2, 0.25) is 0 Å². The molecule has 22 heavy (non-hydrogen) atoms. The highest BCUT2D eigenvalue weighted by molar-refractivity contribution is 6.35. The van der Waals surface area contributed by atoms with Gasteiger partial charge in [-0.3, -0.25) is 9.88 Å². The fourth-order valence-electron chi connectivity index (χ4n) is 2.34. The number of halogens is 2. The third-order valence-electron chi connectivity index (χ3n) is 3.46. The molecule has 0 amide bonds. The van der Waals surface area contributed by atoms with Gasteiger partial charge in [-0.15, -0.1) is 0 Å². The molecule has 1 unspecified atom stereocenters. The zero-order valence-corrected chi connectivity index (χ0v) is 14.1. The highest BCUT2D eigenvalue weighted by atomic mass is 35.5. The van der Waals surface area contributed by atoms with Crippen LogP contribution in [0.4, 0.5) is 0 Å². The summed E-state index contributed by atoms with van der Waals surface area (Å²) in [7, 11) is 0. The van der Waals surface area contributed by atoms with Crippen LogP contribution in [0, 0.1) is 5.92 Å². The Bertz CT molecular complexity index is 572. The fourth-order valence-corrected chi connectivity index (χ4v) is 2.82. The van der Waals surface area contributed by atoms with E-state index in [4.69, 9.17) is 23.2 Å². The Kier molecular flexibility index (Phi) is 6.65. The van der Waals surface area contributed by atoms with Crippen molar-refractivity contribution in [1.29, 1.82) is 0 Å². The Morgan fingerprint density at radius 1 is 1.09 bits per heavy atom. The van der Waals surface area contributed by atoms with Gasteiger partial charge in [-0.25, -0.2) is 0 Å². The summed E-state index contributed by atoms with van der Waals surface area (Å²) in [5, 5.41) is 10.5. The average molecular weight is 339 g/mol. The van der Waals surface area contributed by atoms with Crippen molar-refractivity contribution in [2.75, 3.05) is 13.2 Å². The molecule has 0 fully saturated rings. The topological polar surface area (TPSA) is 36.4 Å². The van der Waals surface area contributed by atoms with Crippen molar-refractivity contribution in [3.05, 3.63) is 63.9 Å². The largest absolute Gasteiger partial charge is 0.396 e. The fraction of sp³-hybridized carbons (Fsp3) is 0.353. The maximum atomic E-state index is 9.34. The zero-order chi connectivity index (χ0) is 15.9. The molecule has 0 saturated carbocycles. The summed E-state index contributed by atoms with van der Waals surface area (Å²) in [5.74, 6) is 0.183. The molecule has 1 N–H and O–H groups in total. The number of benzene rings is 1. The molecule has 0 radical (unpaired) electrons. The summed E-state index contributed by atoms with van der Waals surface area (Å²) in [6.45, 7) is 4.34. The lowest BCUT2D eigenvalue weighted by Gasteiger charge is -2.26. The zero-order valence-electron chi connectivity index (χ0n) is 12.5. The second-order valence-corrected chi connectivity index (χ2v) is 6.34. The van der Waals surface area contributed by atoms with Gasteiger partial charge in [-0.05, 0) is 11.5 Å². The molecule has 2 rings (SSSR count). The van der Waals surface area contributed by atoms with Gasteiger partial charge in [0.05, 0.1) is 10.0 Å². The van der Waals surface area contributed by atoms with Gasteiger partial charge in [0.1, 0.15) is 0 Å². The van der Waals surface area contributed by atoms with Crippen LogP contribution in [0.3, 0.4) is 0 Å². The molecular weight excluding hydrogens is 319 g/mol. The van der Waals surface area contributed by atoms with Crippen LogP contribution in [0.5, 0.6) is 0 Å². The molecule has 1 aromatic carbocycles. The Labute approximate surface area is 141 Å². The minimum Gasteiger partial charge on any atom is -0.396 e. The third kappa shape index (κ3) is 4.96. The average Bonchev–Trinajstić information content (AvgIpc) is 2.51. The molecule has 0 aliphatic heterocycles. The first-order valence-electron chi connectivity index (χ1n) is 7.25. The molecule has 118 valence electrons. The Morgan fingerprint density at radius 2 is 1.73 bits per heavy atom. The maximum Gasteiger partial charge on any atom is 0.0649 e. The maximum absolute atomic E-state index is 9.34. The lowest BCUT2D eigenvalue weighted by Crippen LogP contribution is -2.29. The van der Waals surface area contributed by atoms with Gasteiger partial charge >= 0.3 is 0 Å². The predicted octanol–water partition coefficient (Wildman–Crippen LogP) is 4.02. The van der Waals surface area contributed by atoms with Crippen molar-refractivity contribution in [1.82, 2.24) is 9.88 Å². The molecule has 0 spiro atoms. The highest BCUT2D eigenvalue weighted by Crippen LogP contribution is 2.25. The highest BCUT2D eigenvalue weighted by Gasteiger charge is 2.15. The number of pyridine rings is 1. The van der Waals surface area contributed by atoms with E-state index in [9.17, 15) is 5.11 Å². The molecule has 3 nitrogen and oxygen atoms in total. The molecule has 0 aliphatic rings. The molecular formula is C17H20Cl2N2O. The molecule has 0 saturated heterocycles. The molecule has 1 atom stereocenters. The smallest absolute Gasteiger partial charge is 0.0649 e. The summed E-state index contributed by atoms with van der Waals surface area (Å²) in [4.78, 5) is 6.23. The van der Waals surface area contributed by atoms with Crippen LogP contribution < -0.4 is 0 Å². The van der Waals surface area contributed by atoms with Gasteiger partial charge in [-0.1, -0.05) is 60.5 Å². The summed E-state index contributed by atoms with van der Waals surface area (Å²) < 4.78 is 0. The van der Waals surface area contributed by atoms with Gasteiger partial charge in [0, 0.05) is 44.2 Å². The molecule has 0 bridgehead atoms. The van der Waals surface area contributed by atoms with Gasteiger partial charge < -0.3 is 5.11 Å². The number of hydrogen-bond acceptors (Lipinski definition) is 3. The van der Waals surface area contributed by atoms with Crippen LogP contribution >= 0.6 is 23.2 Å². The van der Waals surface area contributed by atoms with E-state index in [1.54, 1.807) is 12.4 Å². The Hall–Kier alpha value is -1.13. The number of rotatable bonds is 7. The van der Waals surface area contributed by atoms with Crippen molar-refractivity contribution in [3.63, 3.8) is 0 Å². The van der Waals surface area contributed by atoms with Crippen LogP contribution in [0.2, 0.25) is 10.0 Å². The van der Waals surface area contributed by atoms with E-state index in [1.807, 2.05) is 25.1 Å². The molecule has 0 aliphatic carbocycles. The minimum atomic E-state index is 0.156. The second kappa shape index (κ2) is 8.49. The molecule has 1 aromatic heterocycles. The summed E-state index contributed by atoms with van der Waals surface area (Å²) in [5.41, 5.74) is 2.09. The number of aliphatic hydroxyl groups excluding tert-OH is 1. The molecule has 2 aromatic rings. The summed E-state index contributed by atoms with van der Waals surface area (Å²) >= 11 is 12.4. The first-order chi connectivity index (χ1) is 10.6. The van der Waals surface area contributed by atoms with E-state index in [1.165, 1.54) is 5.56 Å². The van der Waals surface area contributed by atoms with E-state index in [2.05, 4.69) is 22.0 Å². The van der Waals surface area contributed by atoms with Crippen molar-refractivity contribution >= 4 is 23.2 Å². The minimum absolute atomic E-state index is 0.156. The third-order valence-corrected chi connectivity index (χ3v) is 4.12. The Balaban J connectivity index is 2.17. The first kappa shape index (κ1) is 17.2. The van der Waals surface area contributed by atoms with Gasteiger partial charge in [-0.2, -0.15) is 0 Å². The number of aromatic nitrogens is 1. The van der Waals surface area contributed by atoms with Gasteiger partial charge in [0.15, 0.2) is 0 Å². The van der Waals surface area contributed by atoms with Crippen LogP contribution in [0.1, 0.15) is 18.1 Å². The quantitative estimate of drug-likeness (QED) is 0.828. The first-order valence-corrected chi connectivity index (χ1v) is 8.00. The SMILES string of the molecule is CC(CO)CN(Cc1ccccc1)Cc1c(Cl)cncc1Cl. The normalized spacial score (nSPS) is 12.6. The van der Waals surface area contributed by atoms with Crippen molar-refractivity contribution in [2.24, 2.45) is 5.92 Å². The number of hydrogen-bond donors (Lipinski definition) is 1. The van der Waals surface area contributed by atoms with Crippen molar-refractivity contribution < 1.29 is 5.11 Å². The summed E-state index contributed by atoms with van der Waals surface area (Å²) in [6, 6.07) is 10.2. The summed E-state index contributed by atoms with van der Waals surface area (Å²) in [6.07, 6.45) is 3.22. The lowest BCUT2D eigenvalue weighted by atomic mass is 10.1. The number of aliphatic hydroxyl groups is 1. The Morgan fingerprint density at radius 3 is 2.32 bits per heavy atom. The van der Waals surface area contributed by atoms with E-state index in [0.29, 0.717) is 16.6 Å². The van der Waals surface area contributed by atoms with Crippen molar-refractivity contribution in [3.8, 4) is 0 Å². The van der Waals surface area contributed by atoms with Gasteiger partial charge in [0.25, 0.3) is 0 Å². The van der Waals surface area contributed by atoms with Crippen LogP contribution in [-0.4, -0.2) is 28.1 Å². The van der Waals surface area contributed by atoms with E-state index in [-0.39, 0.29) is 12.5 Å². The van der Waals surface area contributed by atoms with Crippen LogP contribution in [0.15, 0.2) is 42.7 Å². The number of nitrogens with zero attached hydrogens (tertiary/aromatic N) is 2. The molecule has 1 heterocycles. The predicted molar refractivity (Wildman–Crippen MR) is 91.1 cm³/mol. The lowest BCUT2D eigenvalue weighted by molar-refractivity contribution is 0.163. The standard InChI is InChI=1S/C17H20Cl2N2O/c1-13(12-22)9-21(10-14-5-3-2-4-6-14)11-15-16(18)7-20-8-17(15)19/h2-8,13,22H,9-12H2,1H3.